The van der Waals surface area contributed by atoms with Crippen LogP contribution in [0.25, 0.3) is 10.2 Å². The van der Waals surface area contributed by atoms with E-state index in [1.54, 1.807) is 28.8 Å². The number of hydrogen-bond donors (Lipinski definition) is 0. The zero-order valence-electron chi connectivity index (χ0n) is 12.7. The van der Waals surface area contributed by atoms with Crippen LogP contribution in [0.1, 0.15) is 10.4 Å². The Kier molecular flexibility index (Phi) is 4.92. The third-order valence-electron chi connectivity index (χ3n) is 3.39. The van der Waals surface area contributed by atoms with E-state index in [9.17, 15) is 9.59 Å². The van der Waals surface area contributed by atoms with Gasteiger partial charge in [-0.05, 0) is 36.4 Å². The maximum absolute atomic E-state index is 12.4. The van der Waals surface area contributed by atoms with Gasteiger partial charge in [0.25, 0.3) is 5.91 Å². The third kappa shape index (κ3) is 3.47. The zero-order chi connectivity index (χ0) is 17.1. The topological polar surface area (TPSA) is 60.7 Å². The van der Waals surface area contributed by atoms with Crippen molar-refractivity contribution in [2.45, 2.75) is 6.54 Å². The zero-order valence-corrected chi connectivity index (χ0v) is 15.1. The highest BCUT2D eigenvalue weighted by molar-refractivity contribution is 9.10. The SMILES string of the molecule is COC(=O)Cn1c(=NC(=O)c2ccc(Br)cc2)sc2ccccc21. The Morgan fingerprint density at radius 2 is 1.88 bits per heavy atom. The first kappa shape index (κ1) is 16.6. The maximum atomic E-state index is 12.4. The van der Waals surface area contributed by atoms with Gasteiger partial charge in [0, 0.05) is 10.0 Å². The van der Waals surface area contributed by atoms with Crippen LogP contribution in [0, 0.1) is 0 Å². The number of nitrogens with zero attached hydrogens (tertiary/aromatic N) is 2. The number of para-hydroxylation sites is 1. The Hall–Kier alpha value is -2.25. The van der Waals surface area contributed by atoms with Crippen LogP contribution in [0.4, 0.5) is 0 Å². The van der Waals surface area contributed by atoms with E-state index in [4.69, 9.17) is 4.74 Å². The molecule has 1 heterocycles. The first-order valence-electron chi connectivity index (χ1n) is 7.08. The lowest BCUT2D eigenvalue weighted by atomic mass is 10.2. The van der Waals surface area contributed by atoms with Gasteiger partial charge < -0.3 is 9.30 Å². The van der Waals surface area contributed by atoms with E-state index < -0.39 is 5.97 Å². The van der Waals surface area contributed by atoms with Gasteiger partial charge in [-0.15, -0.1) is 0 Å². The highest BCUT2D eigenvalue weighted by atomic mass is 79.9. The summed E-state index contributed by atoms with van der Waals surface area (Å²) >= 11 is 4.70. The Morgan fingerprint density at radius 3 is 2.58 bits per heavy atom. The van der Waals surface area contributed by atoms with Crippen LogP contribution in [0.2, 0.25) is 0 Å². The van der Waals surface area contributed by atoms with Gasteiger partial charge in [0.15, 0.2) is 4.80 Å². The fourth-order valence-corrected chi connectivity index (χ4v) is 3.49. The summed E-state index contributed by atoms with van der Waals surface area (Å²) in [5.41, 5.74) is 1.33. The lowest BCUT2D eigenvalue weighted by Gasteiger charge is -2.03. The maximum Gasteiger partial charge on any atom is 0.325 e. The quantitative estimate of drug-likeness (QED) is 0.628. The molecule has 1 amide bonds. The summed E-state index contributed by atoms with van der Waals surface area (Å²) < 4.78 is 8.28. The molecule has 0 fully saturated rings. The molecule has 24 heavy (non-hydrogen) atoms. The van der Waals surface area contributed by atoms with Crippen molar-refractivity contribution in [3.05, 3.63) is 63.4 Å². The number of hydrogen-bond acceptors (Lipinski definition) is 4. The van der Waals surface area contributed by atoms with E-state index in [1.807, 2.05) is 24.3 Å². The van der Waals surface area contributed by atoms with Crippen LogP contribution < -0.4 is 4.80 Å². The predicted molar refractivity (Wildman–Crippen MR) is 95.9 cm³/mol. The number of halogens is 1. The smallest absolute Gasteiger partial charge is 0.325 e. The van der Waals surface area contributed by atoms with Crippen LogP contribution in [-0.2, 0) is 16.1 Å². The molecule has 122 valence electrons. The van der Waals surface area contributed by atoms with Gasteiger partial charge in [-0.2, -0.15) is 4.99 Å². The van der Waals surface area contributed by atoms with Crippen molar-refractivity contribution < 1.29 is 14.3 Å². The van der Waals surface area contributed by atoms with Crippen molar-refractivity contribution in [2.24, 2.45) is 4.99 Å². The molecule has 0 atom stereocenters. The molecule has 5 nitrogen and oxygen atoms in total. The molecule has 1 aromatic heterocycles. The van der Waals surface area contributed by atoms with Crippen LogP contribution in [0.3, 0.4) is 0 Å². The second-order valence-electron chi connectivity index (χ2n) is 4.94. The van der Waals surface area contributed by atoms with Crippen LogP contribution in [-0.4, -0.2) is 23.6 Å². The van der Waals surface area contributed by atoms with E-state index in [-0.39, 0.29) is 12.5 Å². The molecule has 0 N–H and O–H groups in total. The molecule has 3 rings (SSSR count). The number of thiazole rings is 1. The van der Waals surface area contributed by atoms with Crippen molar-refractivity contribution in [3.8, 4) is 0 Å². The molecule has 0 bridgehead atoms. The molecular weight excluding hydrogens is 392 g/mol. The minimum atomic E-state index is -0.393. The fraction of sp³-hybridized carbons (Fsp3) is 0.118. The van der Waals surface area contributed by atoms with Crippen molar-refractivity contribution in [3.63, 3.8) is 0 Å². The molecule has 0 aliphatic rings. The first-order valence-corrected chi connectivity index (χ1v) is 8.69. The molecule has 3 aromatic rings. The highest BCUT2D eigenvalue weighted by Gasteiger charge is 2.12. The number of ether oxygens (including phenoxy) is 1. The Labute approximate surface area is 150 Å². The summed E-state index contributed by atoms with van der Waals surface area (Å²) in [4.78, 5) is 28.8. The summed E-state index contributed by atoms with van der Waals surface area (Å²) in [6.45, 7) is 0.00691. The number of esters is 1. The lowest BCUT2D eigenvalue weighted by Crippen LogP contribution is -2.22. The lowest BCUT2D eigenvalue weighted by molar-refractivity contribution is -0.141. The summed E-state index contributed by atoms with van der Waals surface area (Å²) in [7, 11) is 1.33. The van der Waals surface area contributed by atoms with Gasteiger partial charge in [-0.1, -0.05) is 39.4 Å². The van der Waals surface area contributed by atoms with Crippen LogP contribution in [0.5, 0.6) is 0 Å². The number of benzene rings is 2. The number of rotatable bonds is 3. The molecule has 0 aliphatic heterocycles. The molecule has 0 saturated carbocycles. The summed E-state index contributed by atoms with van der Waals surface area (Å²) in [6.07, 6.45) is 0. The van der Waals surface area contributed by atoms with Gasteiger partial charge in [-0.3, -0.25) is 9.59 Å². The minimum Gasteiger partial charge on any atom is -0.468 e. The highest BCUT2D eigenvalue weighted by Crippen LogP contribution is 2.17. The average Bonchev–Trinajstić information content (AvgIpc) is 2.92. The normalized spacial score (nSPS) is 11.7. The van der Waals surface area contributed by atoms with E-state index in [2.05, 4.69) is 20.9 Å². The predicted octanol–water partition coefficient (Wildman–Crippen LogP) is 3.38. The second kappa shape index (κ2) is 7.11. The van der Waals surface area contributed by atoms with Gasteiger partial charge in [-0.25, -0.2) is 0 Å². The summed E-state index contributed by atoms with van der Waals surface area (Å²) in [5, 5.41) is 0. The van der Waals surface area contributed by atoms with E-state index in [1.165, 1.54) is 18.4 Å². The van der Waals surface area contributed by atoms with Crippen LogP contribution >= 0.6 is 27.3 Å². The Morgan fingerprint density at radius 1 is 1.17 bits per heavy atom. The van der Waals surface area contributed by atoms with Crippen molar-refractivity contribution >= 4 is 49.4 Å². The number of amides is 1. The first-order chi connectivity index (χ1) is 11.6. The largest absolute Gasteiger partial charge is 0.468 e. The monoisotopic (exact) mass is 404 g/mol. The minimum absolute atomic E-state index is 0.00691. The molecule has 2 aromatic carbocycles. The van der Waals surface area contributed by atoms with Gasteiger partial charge in [0.05, 0.1) is 17.3 Å². The van der Waals surface area contributed by atoms with Crippen molar-refractivity contribution in [2.75, 3.05) is 7.11 Å². The van der Waals surface area contributed by atoms with E-state index in [0.29, 0.717) is 10.4 Å². The Bertz CT molecular complexity index is 973. The molecule has 7 heteroatoms. The average molecular weight is 405 g/mol. The van der Waals surface area contributed by atoms with Crippen molar-refractivity contribution in [1.29, 1.82) is 0 Å². The number of fused-ring (bicyclic) bond motifs is 1. The molecular formula is C17H13BrN2O3S. The molecule has 0 spiro atoms. The van der Waals surface area contributed by atoms with E-state index in [0.717, 1.165) is 14.7 Å². The number of carbonyl (C=O) groups is 2. The van der Waals surface area contributed by atoms with Crippen LogP contribution in [0.15, 0.2) is 58.0 Å². The molecule has 0 radical (unpaired) electrons. The number of carbonyl (C=O) groups excluding carboxylic acids is 2. The fourth-order valence-electron chi connectivity index (χ4n) is 2.20. The molecule has 0 aliphatic carbocycles. The summed E-state index contributed by atoms with van der Waals surface area (Å²) in [6, 6.07) is 14.6. The third-order valence-corrected chi connectivity index (χ3v) is 4.98. The number of methoxy groups -OCH3 is 1. The second-order valence-corrected chi connectivity index (χ2v) is 6.86. The van der Waals surface area contributed by atoms with E-state index >= 15 is 0 Å². The van der Waals surface area contributed by atoms with Crippen molar-refractivity contribution in [1.82, 2.24) is 4.57 Å². The van der Waals surface area contributed by atoms with Gasteiger partial charge in [0.1, 0.15) is 6.54 Å². The standard InChI is InChI=1S/C17H13BrN2O3S/c1-23-15(21)10-20-13-4-2-3-5-14(13)24-17(20)19-16(22)11-6-8-12(18)9-7-11/h2-9H,10H2,1H3. The Balaban J connectivity index is 2.10. The van der Waals surface area contributed by atoms with Gasteiger partial charge in [0.2, 0.25) is 0 Å². The number of aromatic nitrogens is 1. The van der Waals surface area contributed by atoms with Gasteiger partial charge >= 0.3 is 5.97 Å². The molecule has 0 saturated heterocycles. The summed E-state index contributed by atoms with van der Waals surface area (Å²) in [5.74, 6) is -0.747. The molecule has 0 unspecified atom stereocenters.